The monoisotopic (exact) mass is 382 g/mol. The second-order valence-electron chi connectivity index (χ2n) is 4.09. The van der Waals surface area contributed by atoms with Gasteiger partial charge in [-0.3, -0.25) is 4.79 Å². The van der Waals surface area contributed by atoms with Crippen LogP contribution in [0.3, 0.4) is 0 Å². The van der Waals surface area contributed by atoms with Crippen LogP contribution in [0.4, 0.5) is 11.4 Å². The summed E-state index contributed by atoms with van der Waals surface area (Å²) in [6, 6.07) is 13.0. The van der Waals surface area contributed by atoms with Crippen LogP contribution in [-0.4, -0.2) is 5.91 Å². The number of halogens is 2. The van der Waals surface area contributed by atoms with E-state index in [-0.39, 0.29) is 5.91 Å². The number of rotatable bonds is 3. The van der Waals surface area contributed by atoms with Gasteiger partial charge in [0, 0.05) is 20.3 Å². The van der Waals surface area contributed by atoms with Crippen molar-refractivity contribution in [1.29, 1.82) is 0 Å². The number of hydrogen-bond acceptors (Lipinski definition) is 2. The molecule has 0 atom stereocenters. The fourth-order valence-electron chi connectivity index (χ4n) is 1.61. The van der Waals surface area contributed by atoms with Crippen LogP contribution >= 0.6 is 31.9 Å². The van der Waals surface area contributed by atoms with Gasteiger partial charge < -0.3 is 11.1 Å². The Hall–Kier alpha value is -1.33. The molecule has 0 heterocycles. The highest BCUT2D eigenvalue weighted by atomic mass is 79.9. The smallest absolute Gasteiger partial charge is 0.228 e. The molecule has 0 aliphatic rings. The number of nitrogens with two attached hydrogens (primary N) is 1. The number of anilines is 2. The molecule has 0 saturated heterocycles. The first-order valence-electron chi connectivity index (χ1n) is 5.64. The van der Waals surface area contributed by atoms with Crippen molar-refractivity contribution in [1.82, 2.24) is 0 Å². The van der Waals surface area contributed by atoms with Crippen molar-refractivity contribution in [2.75, 3.05) is 11.1 Å². The Morgan fingerprint density at radius 3 is 2.42 bits per heavy atom. The summed E-state index contributed by atoms with van der Waals surface area (Å²) < 4.78 is 1.82. The van der Waals surface area contributed by atoms with Crippen molar-refractivity contribution < 1.29 is 4.79 Å². The van der Waals surface area contributed by atoms with Gasteiger partial charge >= 0.3 is 0 Å². The first-order valence-corrected chi connectivity index (χ1v) is 7.22. The number of nitrogen functional groups attached to an aromatic ring is 1. The maximum absolute atomic E-state index is 11.9. The van der Waals surface area contributed by atoms with E-state index in [4.69, 9.17) is 5.73 Å². The highest BCUT2D eigenvalue weighted by Gasteiger charge is 2.05. The molecule has 1 amide bonds. The van der Waals surface area contributed by atoms with Crippen molar-refractivity contribution in [2.45, 2.75) is 6.42 Å². The Morgan fingerprint density at radius 1 is 1.11 bits per heavy atom. The molecule has 0 bridgehead atoms. The molecule has 19 heavy (non-hydrogen) atoms. The fraction of sp³-hybridized carbons (Fsp3) is 0.0714. The zero-order chi connectivity index (χ0) is 13.8. The molecule has 0 aliphatic heterocycles. The van der Waals surface area contributed by atoms with Crippen LogP contribution in [0.25, 0.3) is 0 Å². The molecule has 0 spiro atoms. The van der Waals surface area contributed by atoms with Crippen molar-refractivity contribution in [3.8, 4) is 0 Å². The average molecular weight is 384 g/mol. The molecule has 0 saturated carbocycles. The molecule has 0 unspecified atom stereocenters. The van der Waals surface area contributed by atoms with Crippen LogP contribution in [0.1, 0.15) is 5.56 Å². The first-order chi connectivity index (χ1) is 9.04. The summed E-state index contributed by atoms with van der Waals surface area (Å²) in [5, 5.41) is 2.82. The molecule has 2 rings (SSSR count). The predicted molar refractivity (Wildman–Crippen MR) is 85.0 cm³/mol. The highest BCUT2D eigenvalue weighted by molar-refractivity contribution is 9.10. The molecule has 2 aromatic carbocycles. The van der Waals surface area contributed by atoms with E-state index in [0.29, 0.717) is 17.8 Å². The Balaban J connectivity index is 2.01. The molecule has 98 valence electrons. The molecule has 0 fully saturated rings. The largest absolute Gasteiger partial charge is 0.398 e. The number of carbonyl (C=O) groups is 1. The van der Waals surface area contributed by atoms with Crippen molar-refractivity contribution in [3.05, 3.63) is 57.0 Å². The Bertz CT molecular complexity index is 597. The van der Waals surface area contributed by atoms with Crippen molar-refractivity contribution >= 4 is 49.1 Å². The SMILES string of the molecule is Nc1cc(NC(=O)Cc2ccc(Br)cc2)ccc1Br. The third-order valence-corrected chi connectivity index (χ3v) is 3.81. The van der Waals surface area contributed by atoms with Gasteiger partial charge in [-0.05, 0) is 51.8 Å². The summed E-state index contributed by atoms with van der Waals surface area (Å²) in [4.78, 5) is 11.9. The van der Waals surface area contributed by atoms with E-state index >= 15 is 0 Å². The van der Waals surface area contributed by atoms with Gasteiger partial charge in [0.2, 0.25) is 5.91 Å². The number of amides is 1. The van der Waals surface area contributed by atoms with E-state index in [1.165, 1.54) is 0 Å². The second kappa shape index (κ2) is 6.21. The number of nitrogens with one attached hydrogen (secondary N) is 1. The van der Waals surface area contributed by atoms with Gasteiger partial charge in [-0.25, -0.2) is 0 Å². The molecular formula is C14H12Br2N2O. The van der Waals surface area contributed by atoms with Gasteiger partial charge in [0.05, 0.1) is 6.42 Å². The molecule has 0 radical (unpaired) electrons. The fourth-order valence-corrected chi connectivity index (χ4v) is 2.13. The van der Waals surface area contributed by atoms with Crippen LogP contribution in [0.5, 0.6) is 0 Å². The van der Waals surface area contributed by atoms with Gasteiger partial charge in [0.15, 0.2) is 0 Å². The van der Waals surface area contributed by atoms with Gasteiger partial charge in [0.25, 0.3) is 0 Å². The lowest BCUT2D eigenvalue weighted by atomic mass is 10.1. The van der Waals surface area contributed by atoms with Crippen LogP contribution in [0, 0.1) is 0 Å². The third kappa shape index (κ3) is 4.08. The van der Waals surface area contributed by atoms with Gasteiger partial charge in [-0.15, -0.1) is 0 Å². The molecule has 0 aromatic heterocycles. The van der Waals surface area contributed by atoms with Gasteiger partial charge in [-0.1, -0.05) is 28.1 Å². The van der Waals surface area contributed by atoms with Crippen LogP contribution < -0.4 is 11.1 Å². The number of carbonyl (C=O) groups excluding carboxylic acids is 1. The Kier molecular flexibility index (Phi) is 4.61. The maximum Gasteiger partial charge on any atom is 0.228 e. The summed E-state index contributed by atoms with van der Waals surface area (Å²) in [6.45, 7) is 0. The van der Waals surface area contributed by atoms with E-state index in [9.17, 15) is 4.79 Å². The van der Waals surface area contributed by atoms with E-state index in [1.54, 1.807) is 12.1 Å². The lowest BCUT2D eigenvalue weighted by Gasteiger charge is -2.07. The van der Waals surface area contributed by atoms with Crippen LogP contribution in [-0.2, 0) is 11.2 Å². The predicted octanol–water partition coefficient (Wildman–Crippen LogP) is 3.98. The molecule has 0 aliphatic carbocycles. The standard InChI is InChI=1S/C14H12Br2N2O/c15-10-3-1-9(2-4-10)7-14(19)18-11-5-6-12(16)13(17)8-11/h1-6,8H,7,17H2,(H,18,19). The molecular weight excluding hydrogens is 372 g/mol. The van der Waals surface area contributed by atoms with Crippen molar-refractivity contribution in [3.63, 3.8) is 0 Å². The second-order valence-corrected chi connectivity index (χ2v) is 5.86. The summed E-state index contributed by atoms with van der Waals surface area (Å²) in [5.74, 6) is -0.0657. The quantitative estimate of drug-likeness (QED) is 0.787. The first kappa shape index (κ1) is 14.1. The maximum atomic E-state index is 11.9. The molecule has 5 heteroatoms. The van der Waals surface area contributed by atoms with E-state index in [0.717, 1.165) is 14.5 Å². The van der Waals surface area contributed by atoms with Crippen molar-refractivity contribution in [2.24, 2.45) is 0 Å². The third-order valence-electron chi connectivity index (χ3n) is 2.56. The minimum atomic E-state index is -0.0657. The van der Waals surface area contributed by atoms with Crippen LogP contribution in [0.2, 0.25) is 0 Å². The molecule has 2 aromatic rings. The number of hydrogen-bond donors (Lipinski definition) is 2. The van der Waals surface area contributed by atoms with E-state index in [1.807, 2.05) is 30.3 Å². The van der Waals surface area contributed by atoms with Crippen LogP contribution in [0.15, 0.2) is 51.4 Å². The zero-order valence-electron chi connectivity index (χ0n) is 9.99. The summed E-state index contributed by atoms with van der Waals surface area (Å²) in [5.41, 5.74) is 8.02. The highest BCUT2D eigenvalue weighted by Crippen LogP contribution is 2.23. The summed E-state index contributed by atoms with van der Waals surface area (Å²) >= 11 is 6.68. The lowest BCUT2D eigenvalue weighted by molar-refractivity contribution is -0.115. The summed E-state index contributed by atoms with van der Waals surface area (Å²) in [6.07, 6.45) is 0.337. The van der Waals surface area contributed by atoms with E-state index in [2.05, 4.69) is 37.2 Å². The lowest BCUT2D eigenvalue weighted by Crippen LogP contribution is -2.14. The average Bonchev–Trinajstić information content (AvgIpc) is 2.37. The normalized spacial score (nSPS) is 10.2. The molecule has 3 N–H and O–H groups in total. The zero-order valence-corrected chi connectivity index (χ0v) is 13.2. The molecule has 3 nitrogen and oxygen atoms in total. The minimum absolute atomic E-state index is 0.0657. The Morgan fingerprint density at radius 2 is 1.79 bits per heavy atom. The topological polar surface area (TPSA) is 55.1 Å². The van der Waals surface area contributed by atoms with Gasteiger partial charge in [-0.2, -0.15) is 0 Å². The van der Waals surface area contributed by atoms with Gasteiger partial charge in [0.1, 0.15) is 0 Å². The Labute approximate surface area is 128 Å². The number of benzene rings is 2. The summed E-state index contributed by atoms with van der Waals surface area (Å²) in [7, 11) is 0. The minimum Gasteiger partial charge on any atom is -0.398 e. The van der Waals surface area contributed by atoms with E-state index < -0.39 is 0 Å².